The van der Waals surface area contributed by atoms with E-state index >= 15 is 0 Å². The van der Waals surface area contributed by atoms with E-state index in [0.717, 1.165) is 0 Å². The minimum Gasteiger partial charge on any atom is -0.480 e. The van der Waals surface area contributed by atoms with E-state index in [2.05, 4.69) is 0 Å². The van der Waals surface area contributed by atoms with E-state index in [9.17, 15) is 13.2 Å². The molecule has 0 aromatic carbocycles. The number of carboxylic acid groups (broad SMARTS) is 1. The van der Waals surface area contributed by atoms with Crippen LogP contribution in [0.3, 0.4) is 0 Å². The fourth-order valence-electron chi connectivity index (χ4n) is 2.38. The second kappa shape index (κ2) is 6.19. The lowest BCUT2D eigenvalue weighted by molar-refractivity contribution is -0.143. The van der Waals surface area contributed by atoms with Gasteiger partial charge < -0.3 is 15.7 Å². The Labute approximate surface area is 114 Å². The third-order valence-electron chi connectivity index (χ3n) is 4.02. The number of aliphatic carboxylic acids is 1. The summed E-state index contributed by atoms with van der Waals surface area (Å²) in [6, 6.07) is 0.0589. The largest absolute Gasteiger partial charge is 0.480 e. The van der Waals surface area contributed by atoms with Crippen LogP contribution in [0.1, 0.15) is 32.6 Å². The van der Waals surface area contributed by atoms with Gasteiger partial charge in [-0.1, -0.05) is 6.92 Å². The van der Waals surface area contributed by atoms with Gasteiger partial charge in [-0.2, -0.15) is 0 Å². The summed E-state index contributed by atoms with van der Waals surface area (Å²) in [7, 11) is -0.987. The van der Waals surface area contributed by atoms with E-state index in [0.29, 0.717) is 32.2 Å². The van der Waals surface area contributed by atoms with Crippen molar-refractivity contribution in [3.8, 4) is 0 Å². The summed E-state index contributed by atoms with van der Waals surface area (Å²) in [5, 5.41) is 9.06. The lowest BCUT2D eigenvalue weighted by Gasteiger charge is -2.26. The number of sulfone groups is 1. The number of rotatable bonds is 7. The Hall–Kier alpha value is -0.660. The molecule has 0 amide bonds. The average molecular weight is 292 g/mol. The number of nitrogens with zero attached hydrogens (tertiary/aromatic N) is 1. The Morgan fingerprint density at radius 2 is 2.16 bits per heavy atom. The zero-order chi connectivity index (χ0) is 14.7. The summed E-state index contributed by atoms with van der Waals surface area (Å²) >= 11 is 0. The van der Waals surface area contributed by atoms with Gasteiger partial charge in [0, 0.05) is 6.04 Å². The van der Waals surface area contributed by atoms with Crippen molar-refractivity contribution in [3.05, 3.63) is 0 Å². The van der Waals surface area contributed by atoms with Crippen molar-refractivity contribution in [2.45, 2.75) is 44.2 Å². The van der Waals surface area contributed by atoms with Gasteiger partial charge in [0.2, 0.25) is 0 Å². The molecule has 2 atom stereocenters. The quantitative estimate of drug-likeness (QED) is 0.689. The van der Waals surface area contributed by atoms with Gasteiger partial charge in [-0.05, 0) is 39.3 Å². The molecule has 2 unspecified atom stereocenters. The first-order valence-electron chi connectivity index (χ1n) is 6.63. The van der Waals surface area contributed by atoms with E-state index in [1.54, 1.807) is 6.92 Å². The minimum atomic E-state index is -2.87. The van der Waals surface area contributed by atoms with Crippen molar-refractivity contribution < 1.29 is 18.3 Å². The Balaban J connectivity index is 2.39. The van der Waals surface area contributed by atoms with Crippen LogP contribution in [0.5, 0.6) is 0 Å². The molecule has 1 rings (SSSR count). The van der Waals surface area contributed by atoms with Crippen LogP contribution >= 0.6 is 0 Å². The van der Waals surface area contributed by atoms with Crippen LogP contribution in [0, 0.1) is 0 Å². The van der Waals surface area contributed by atoms with Gasteiger partial charge >= 0.3 is 5.97 Å². The van der Waals surface area contributed by atoms with Crippen LogP contribution < -0.4 is 5.73 Å². The van der Waals surface area contributed by atoms with E-state index in [1.807, 2.05) is 11.9 Å². The van der Waals surface area contributed by atoms with Crippen LogP contribution in [-0.4, -0.2) is 61.1 Å². The maximum atomic E-state index is 11.4. The van der Waals surface area contributed by atoms with E-state index in [1.165, 1.54) is 0 Å². The lowest BCUT2D eigenvalue weighted by Crippen LogP contribution is -2.48. The predicted octanol–water partition coefficient (Wildman–Crippen LogP) is 0.0776. The van der Waals surface area contributed by atoms with Gasteiger partial charge in [-0.15, -0.1) is 0 Å². The topological polar surface area (TPSA) is 101 Å². The standard InChI is InChI=1S/C12H24N2O4S/c1-3-12(13,11(15)16)6-4-7-14(2)10-5-8-19(17,18)9-10/h10H,3-9,13H2,1-2H3,(H,15,16). The molecule has 0 radical (unpaired) electrons. The zero-order valence-corrected chi connectivity index (χ0v) is 12.4. The number of hydrogen-bond donors (Lipinski definition) is 2. The van der Waals surface area contributed by atoms with Crippen molar-refractivity contribution >= 4 is 15.8 Å². The summed E-state index contributed by atoms with van der Waals surface area (Å²) < 4.78 is 22.8. The summed E-state index contributed by atoms with van der Waals surface area (Å²) in [6.45, 7) is 2.44. The zero-order valence-electron chi connectivity index (χ0n) is 11.6. The third-order valence-corrected chi connectivity index (χ3v) is 5.77. The molecule has 112 valence electrons. The Morgan fingerprint density at radius 1 is 1.53 bits per heavy atom. The first kappa shape index (κ1) is 16.4. The highest BCUT2D eigenvalue weighted by Crippen LogP contribution is 2.19. The number of carbonyl (C=O) groups is 1. The third kappa shape index (κ3) is 4.43. The molecular weight excluding hydrogens is 268 g/mol. The molecule has 1 aliphatic rings. The molecule has 0 bridgehead atoms. The fourth-order valence-corrected chi connectivity index (χ4v) is 4.19. The average Bonchev–Trinajstić information content (AvgIpc) is 2.69. The lowest BCUT2D eigenvalue weighted by atomic mass is 9.91. The molecule has 0 aromatic heterocycles. The normalized spacial score (nSPS) is 25.4. The summed E-state index contributed by atoms with van der Waals surface area (Å²) in [5.41, 5.74) is 4.64. The second-order valence-electron chi connectivity index (χ2n) is 5.46. The van der Waals surface area contributed by atoms with Crippen LogP contribution in [0.15, 0.2) is 0 Å². The van der Waals surface area contributed by atoms with Crippen molar-refractivity contribution in [2.24, 2.45) is 5.73 Å². The molecule has 1 fully saturated rings. The molecule has 0 aromatic rings. The fraction of sp³-hybridized carbons (Fsp3) is 0.917. The summed E-state index contributed by atoms with van der Waals surface area (Å²) in [5.74, 6) is -0.502. The van der Waals surface area contributed by atoms with Gasteiger partial charge in [0.1, 0.15) is 5.54 Å². The molecular formula is C12H24N2O4S. The smallest absolute Gasteiger partial charge is 0.323 e. The monoisotopic (exact) mass is 292 g/mol. The molecule has 0 aliphatic carbocycles. The molecule has 1 saturated heterocycles. The number of nitrogens with two attached hydrogens (primary N) is 1. The number of carboxylic acids is 1. The van der Waals surface area contributed by atoms with Crippen molar-refractivity contribution in [1.29, 1.82) is 0 Å². The Bertz CT molecular complexity index is 423. The van der Waals surface area contributed by atoms with Crippen molar-refractivity contribution in [1.82, 2.24) is 4.90 Å². The highest BCUT2D eigenvalue weighted by molar-refractivity contribution is 7.91. The molecule has 1 heterocycles. The molecule has 3 N–H and O–H groups in total. The summed E-state index contributed by atoms with van der Waals surface area (Å²) in [6.07, 6.45) is 2.12. The minimum absolute atomic E-state index is 0.0589. The highest BCUT2D eigenvalue weighted by atomic mass is 32.2. The number of hydrogen-bond acceptors (Lipinski definition) is 5. The summed E-state index contributed by atoms with van der Waals surface area (Å²) in [4.78, 5) is 13.1. The van der Waals surface area contributed by atoms with Gasteiger partial charge in [-0.3, -0.25) is 4.79 Å². The van der Waals surface area contributed by atoms with E-state index in [-0.39, 0.29) is 17.5 Å². The first-order chi connectivity index (χ1) is 8.70. The maximum Gasteiger partial charge on any atom is 0.323 e. The van der Waals surface area contributed by atoms with Crippen LogP contribution in [0.2, 0.25) is 0 Å². The maximum absolute atomic E-state index is 11.4. The molecule has 0 spiro atoms. The van der Waals surface area contributed by atoms with E-state index in [4.69, 9.17) is 10.8 Å². The van der Waals surface area contributed by atoms with Crippen LogP contribution in [0.25, 0.3) is 0 Å². The van der Waals surface area contributed by atoms with Gasteiger partial charge in [0.25, 0.3) is 0 Å². The molecule has 0 saturated carbocycles. The van der Waals surface area contributed by atoms with Gasteiger partial charge in [0.15, 0.2) is 9.84 Å². The molecule has 19 heavy (non-hydrogen) atoms. The SMILES string of the molecule is CCC(N)(CCCN(C)C1CCS(=O)(=O)C1)C(=O)O. The second-order valence-corrected chi connectivity index (χ2v) is 7.68. The van der Waals surface area contributed by atoms with E-state index < -0.39 is 21.3 Å². The van der Waals surface area contributed by atoms with Gasteiger partial charge in [0.05, 0.1) is 11.5 Å². The highest BCUT2D eigenvalue weighted by Gasteiger charge is 2.33. The molecule has 7 heteroatoms. The van der Waals surface area contributed by atoms with Crippen molar-refractivity contribution in [3.63, 3.8) is 0 Å². The predicted molar refractivity (Wildman–Crippen MR) is 73.8 cm³/mol. The molecule has 6 nitrogen and oxygen atoms in total. The molecule has 1 aliphatic heterocycles. The first-order valence-corrected chi connectivity index (χ1v) is 8.45. The van der Waals surface area contributed by atoms with Crippen molar-refractivity contribution in [2.75, 3.05) is 25.1 Å². The Morgan fingerprint density at radius 3 is 2.58 bits per heavy atom. The van der Waals surface area contributed by atoms with Gasteiger partial charge in [-0.25, -0.2) is 8.42 Å². The van der Waals surface area contributed by atoms with Crippen LogP contribution in [0.4, 0.5) is 0 Å². The Kier molecular flexibility index (Phi) is 5.34. The van der Waals surface area contributed by atoms with Crippen LogP contribution in [-0.2, 0) is 14.6 Å².